The first-order valence-corrected chi connectivity index (χ1v) is 6.56. The molecular weight excluding hydrogens is 248 g/mol. The fraction of sp³-hybridized carbons (Fsp3) is 0.118. The quantitative estimate of drug-likeness (QED) is 0.719. The summed E-state index contributed by atoms with van der Waals surface area (Å²) >= 11 is 0. The summed E-state index contributed by atoms with van der Waals surface area (Å²) in [5.41, 5.74) is 3.24. The van der Waals surface area contributed by atoms with Gasteiger partial charge < -0.3 is 9.30 Å². The number of benzene rings is 2. The molecule has 0 unspecified atom stereocenters. The van der Waals surface area contributed by atoms with Gasteiger partial charge in [-0.2, -0.15) is 0 Å². The minimum absolute atomic E-state index is 0.587. The van der Waals surface area contributed by atoms with Gasteiger partial charge in [-0.1, -0.05) is 30.3 Å². The number of hydrogen-bond acceptors (Lipinski definition) is 2. The minimum atomic E-state index is 0.587. The summed E-state index contributed by atoms with van der Waals surface area (Å²) in [5.74, 6) is 0.869. The summed E-state index contributed by atoms with van der Waals surface area (Å²) in [6.45, 7) is 0.587. The Balaban J connectivity index is 1.67. The van der Waals surface area contributed by atoms with Crippen LogP contribution < -0.4 is 4.74 Å². The summed E-state index contributed by atoms with van der Waals surface area (Å²) in [4.78, 5) is 4.33. The Bertz CT molecular complexity index is 672. The van der Waals surface area contributed by atoms with Crippen molar-refractivity contribution in [2.24, 2.45) is 7.05 Å². The standard InChI is InChI=1S/C17H16N2O/c1-19-11-17(18-13-19)15-7-9-16(10-8-15)20-12-14-5-3-2-4-6-14/h2-11,13H,12H2,1H3. The number of ether oxygens (including phenoxy) is 1. The van der Waals surface area contributed by atoms with Gasteiger partial charge in [0.15, 0.2) is 0 Å². The Labute approximate surface area is 118 Å². The highest BCUT2D eigenvalue weighted by Crippen LogP contribution is 2.21. The van der Waals surface area contributed by atoms with E-state index in [4.69, 9.17) is 4.74 Å². The van der Waals surface area contributed by atoms with Crippen molar-refractivity contribution in [1.82, 2.24) is 9.55 Å². The van der Waals surface area contributed by atoms with Gasteiger partial charge in [0.2, 0.25) is 0 Å². The van der Waals surface area contributed by atoms with Crippen LogP contribution in [0.25, 0.3) is 11.3 Å². The van der Waals surface area contributed by atoms with E-state index in [0.29, 0.717) is 6.61 Å². The van der Waals surface area contributed by atoms with Gasteiger partial charge >= 0.3 is 0 Å². The third-order valence-corrected chi connectivity index (χ3v) is 3.10. The predicted octanol–water partition coefficient (Wildman–Crippen LogP) is 3.67. The van der Waals surface area contributed by atoms with Crippen LogP contribution in [-0.2, 0) is 13.7 Å². The van der Waals surface area contributed by atoms with E-state index in [1.165, 1.54) is 5.56 Å². The van der Waals surface area contributed by atoms with Crippen LogP contribution in [0.1, 0.15) is 5.56 Å². The topological polar surface area (TPSA) is 27.1 Å². The van der Waals surface area contributed by atoms with Crippen molar-refractivity contribution < 1.29 is 4.74 Å². The van der Waals surface area contributed by atoms with Gasteiger partial charge in [-0.15, -0.1) is 0 Å². The molecule has 0 saturated heterocycles. The molecule has 3 aromatic rings. The highest BCUT2D eigenvalue weighted by atomic mass is 16.5. The lowest BCUT2D eigenvalue weighted by molar-refractivity contribution is 0.306. The van der Waals surface area contributed by atoms with E-state index in [-0.39, 0.29) is 0 Å². The van der Waals surface area contributed by atoms with Crippen LogP contribution in [0.15, 0.2) is 67.1 Å². The SMILES string of the molecule is Cn1cnc(-c2ccc(OCc3ccccc3)cc2)c1. The molecule has 2 aromatic carbocycles. The molecule has 0 amide bonds. The predicted molar refractivity (Wildman–Crippen MR) is 79.4 cm³/mol. The molecule has 0 fully saturated rings. The zero-order valence-electron chi connectivity index (χ0n) is 11.4. The van der Waals surface area contributed by atoms with Crippen molar-refractivity contribution in [1.29, 1.82) is 0 Å². The first-order chi connectivity index (χ1) is 9.81. The van der Waals surface area contributed by atoms with E-state index in [1.807, 2.05) is 60.3 Å². The zero-order chi connectivity index (χ0) is 13.8. The molecule has 0 aliphatic rings. The summed E-state index contributed by atoms with van der Waals surface area (Å²) < 4.78 is 7.70. The van der Waals surface area contributed by atoms with Crippen molar-refractivity contribution in [3.05, 3.63) is 72.7 Å². The van der Waals surface area contributed by atoms with Crippen LogP contribution in [0.3, 0.4) is 0 Å². The van der Waals surface area contributed by atoms with Crippen LogP contribution in [0.4, 0.5) is 0 Å². The van der Waals surface area contributed by atoms with Crippen LogP contribution in [-0.4, -0.2) is 9.55 Å². The Morgan fingerprint density at radius 1 is 1.00 bits per heavy atom. The van der Waals surface area contributed by atoms with Gasteiger partial charge in [-0.05, 0) is 29.8 Å². The van der Waals surface area contributed by atoms with Crippen molar-refractivity contribution in [2.45, 2.75) is 6.61 Å². The Kier molecular flexibility index (Phi) is 3.50. The third kappa shape index (κ3) is 2.88. The van der Waals surface area contributed by atoms with E-state index in [2.05, 4.69) is 17.1 Å². The minimum Gasteiger partial charge on any atom is -0.489 e. The highest BCUT2D eigenvalue weighted by molar-refractivity contribution is 5.59. The second-order valence-corrected chi connectivity index (χ2v) is 4.72. The summed E-state index contributed by atoms with van der Waals surface area (Å²) in [6.07, 6.45) is 3.80. The highest BCUT2D eigenvalue weighted by Gasteiger charge is 2.01. The number of imidazole rings is 1. The van der Waals surface area contributed by atoms with Crippen LogP contribution in [0, 0.1) is 0 Å². The average Bonchev–Trinajstić information content (AvgIpc) is 2.93. The molecule has 0 N–H and O–H groups in total. The van der Waals surface area contributed by atoms with E-state index < -0.39 is 0 Å². The van der Waals surface area contributed by atoms with Gasteiger partial charge in [-0.3, -0.25) is 0 Å². The first-order valence-electron chi connectivity index (χ1n) is 6.56. The first kappa shape index (κ1) is 12.5. The smallest absolute Gasteiger partial charge is 0.119 e. The molecule has 0 atom stereocenters. The molecule has 0 aliphatic carbocycles. The second kappa shape index (κ2) is 5.61. The van der Waals surface area contributed by atoms with Crippen molar-refractivity contribution >= 4 is 0 Å². The molecule has 0 saturated carbocycles. The van der Waals surface area contributed by atoms with Crippen molar-refractivity contribution in [2.75, 3.05) is 0 Å². The number of nitrogens with zero attached hydrogens (tertiary/aromatic N) is 2. The van der Waals surface area contributed by atoms with E-state index in [0.717, 1.165) is 17.0 Å². The van der Waals surface area contributed by atoms with Crippen LogP contribution >= 0.6 is 0 Å². The maximum atomic E-state index is 5.76. The molecule has 0 spiro atoms. The van der Waals surface area contributed by atoms with Crippen LogP contribution in [0.5, 0.6) is 5.75 Å². The Morgan fingerprint density at radius 2 is 1.75 bits per heavy atom. The van der Waals surface area contributed by atoms with Gasteiger partial charge in [0.1, 0.15) is 12.4 Å². The lowest BCUT2D eigenvalue weighted by Crippen LogP contribution is -1.94. The Hall–Kier alpha value is -2.55. The third-order valence-electron chi connectivity index (χ3n) is 3.10. The Morgan fingerprint density at radius 3 is 2.40 bits per heavy atom. The van der Waals surface area contributed by atoms with Gasteiger partial charge in [-0.25, -0.2) is 4.98 Å². The molecule has 0 radical (unpaired) electrons. The molecule has 3 nitrogen and oxygen atoms in total. The van der Waals surface area contributed by atoms with E-state index >= 15 is 0 Å². The molecule has 0 aliphatic heterocycles. The molecular formula is C17H16N2O. The zero-order valence-corrected chi connectivity index (χ0v) is 11.4. The fourth-order valence-corrected chi connectivity index (χ4v) is 2.02. The van der Waals surface area contributed by atoms with E-state index in [1.54, 1.807) is 6.33 Å². The largest absolute Gasteiger partial charge is 0.489 e. The second-order valence-electron chi connectivity index (χ2n) is 4.72. The summed E-state index contributed by atoms with van der Waals surface area (Å²) in [6, 6.07) is 18.2. The summed E-state index contributed by atoms with van der Waals surface area (Å²) in [7, 11) is 1.97. The maximum absolute atomic E-state index is 5.76. The van der Waals surface area contributed by atoms with Crippen LogP contribution in [0.2, 0.25) is 0 Å². The fourth-order valence-electron chi connectivity index (χ4n) is 2.02. The molecule has 20 heavy (non-hydrogen) atoms. The maximum Gasteiger partial charge on any atom is 0.119 e. The molecule has 3 rings (SSSR count). The number of hydrogen-bond donors (Lipinski definition) is 0. The lowest BCUT2D eigenvalue weighted by atomic mass is 10.1. The summed E-state index contributed by atoms with van der Waals surface area (Å²) in [5, 5.41) is 0. The molecule has 1 heterocycles. The van der Waals surface area contributed by atoms with Crippen molar-refractivity contribution in [3.8, 4) is 17.0 Å². The van der Waals surface area contributed by atoms with Gasteiger partial charge in [0, 0.05) is 18.8 Å². The monoisotopic (exact) mass is 264 g/mol. The molecule has 1 aromatic heterocycles. The molecule has 0 bridgehead atoms. The number of aromatic nitrogens is 2. The number of aryl methyl sites for hydroxylation is 1. The molecule has 3 heteroatoms. The molecule has 100 valence electrons. The normalized spacial score (nSPS) is 10.4. The van der Waals surface area contributed by atoms with Gasteiger partial charge in [0.05, 0.1) is 12.0 Å². The van der Waals surface area contributed by atoms with E-state index in [9.17, 15) is 0 Å². The average molecular weight is 264 g/mol. The van der Waals surface area contributed by atoms with Gasteiger partial charge in [0.25, 0.3) is 0 Å². The lowest BCUT2D eigenvalue weighted by Gasteiger charge is -2.06. The van der Waals surface area contributed by atoms with Crippen molar-refractivity contribution in [3.63, 3.8) is 0 Å². The number of rotatable bonds is 4.